The fourth-order valence-electron chi connectivity index (χ4n) is 3.46. The number of amides is 1. The summed E-state index contributed by atoms with van der Waals surface area (Å²) >= 11 is 0. The van der Waals surface area contributed by atoms with Crippen LogP contribution in [0.25, 0.3) is 0 Å². The van der Waals surface area contributed by atoms with Crippen LogP contribution in [0.4, 0.5) is 0 Å². The highest BCUT2D eigenvalue weighted by Crippen LogP contribution is 2.28. The molecule has 0 radical (unpaired) electrons. The SMILES string of the molecule is Cc1ccc(Oc2ccc(C(=O)NC3CN4CC[C@H]3C4)cc2)o1. The topological polar surface area (TPSA) is 54.7 Å². The molecule has 2 aliphatic heterocycles. The minimum Gasteiger partial charge on any atom is -0.431 e. The standard InChI is InChI=1S/C18H20N2O3/c1-12-2-7-17(22-12)23-15-5-3-13(4-6-15)18(21)19-16-11-20-9-8-14(16)10-20/h2-7,14,16H,8-11H2,1H3,(H,19,21)/t14-,16?/m0/s1. The lowest BCUT2D eigenvalue weighted by atomic mass is 9.99. The lowest BCUT2D eigenvalue weighted by Gasteiger charge is -2.23. The molecule has 4 rings (SSSR count). The van der Waals surface area contributed by atoms with E-state index in [0.29, 0.717) is 29.2 Å². The first-order chi connectivity index (χ1) is 11.2. The van der Waals surface area contributed by atoms with Crippen LogP contribution in [0.2, 0.25) is 0 Å². The van der Waals surface area contributed by atoms with E-state index in [1.807, 2.05) is 13.0 Å². The van der Waals surface area contributed by atoms with Gasteiger partial charge in [-0.1, -0.05) is 0 Å². The van der Waals surface area contributed by atoms with Gasteiger partial charge >= 0.3 is 0 Å². The first-order valence-corrected chi connectivity index (χ1v) is 8.05. The summed E-state index contributed by atoms with van der Waals surface area (Å²) in [5, 5.41) is 3.16. The number of benzene rings is 1. The number of carbonyl (C=O) groups excluding carboxylic acids is 1. The zero-order valence-electron chi connectivity index (χ0n) is 13.1. The molecule has 0 spiro atoms. The average molecular weight is 312 g/mol. The van der Waals surface area contributed by atoms with E-state index in [0.717, 1.165) is 18.8 Å². The Morgan fingerprint density at radius 1 is 1.22 bits per heavy atom. The van der Waals surface area contributed by atoms with Crippen molar-refractivity contribution in [2.24, 2.45) is 5.92 Å². The number of furan rings is 1. The van der Waals surface area contributed by atoms with Crippen LogP contribution in [0.3, 0.4) is 0 Å². The van der Waals surface area contributed by atoms with Gasteiger partial charge in [0, 0.05) is 30.8 Å². The predicted molar refractivity (Wildman–Crippen MR) is 85.8 cm³/mol. The van der Waals surface area contributed by atoms with Crippen molar-refractivity contribution in [3.63, 3.8) is 0 Å². The number of piperidine rings is 1. The Bertz CT molecular complexity index is 707. The van der Waals surface area contributed by atoms with Gasteiger partial charge in [-0.15, -0.1) is 0 Å². The summed E-state index contributed by atoms with van der Waals surface area (Å²) in [6.07, 6.45) is 1.19. The van der Waals surface area contributed by atoms with E-state index in [1.165, 1.54) is 13.0 Å². The van der Waals surface area contributed by atoms with Crippen molar-refractivity contribution in [2.75, 3.05) is 19.6 Å². The molecule has 1 amide bonds. The fourth-order valence-corrected chi connectivity index (χ4v) is 3.46. The summed E-state index contributed by atoms with van der Waals surface area (Å²) < 4.78 is 11.0. The molecule has 3 atom stereocenters. The van der Waals surface area contributed by atoms with Crippen LogP contribution in [-0.4, -0.2) is 36.5 Å². The van der Waals surface area contributed by atoms with Crippen molar-refractivity contribution < 1.29 is 13.9 Å². The van der Waals surface area contributed by atoms with Crippen LogP contribution in [0.15, 0.2) is 40.8 Å². The molecule has 3 heterocycles. The molecule has 2 aliphatic rings. The van der Waals surface area contributed by atoms with Gasteiger partial charge in [0.1, 0.15) is 11.5 Å². The largest absolute Gasteiger partial charge is 0.431 e. The van der Waals surface area contributed by atoms with Crippen molar-refractivity contribution in [2.45, 2.75) is 19.4 Å². The van der Waals surface area contributed by atoms with E-state index in [-0.39, 0.29) is 5.91 Å². The second kappa shape index (κ2) is 5.74. The summed E-state index contributed by atoms with van der Waals surface area (Å²) in [5.41, 5.74) is 0.658. The molecule has 0 saturated carbocycles. The minimum atomic E-state index is -0.0101. The van der Waals surface area contributed by atoms with E-state index in [1.54, 1.807) is 30.3 Å². The number of hydrogen-bond donors (Lipinski definition) is 1. The molecule has 5 heteroatoms. The molecule has 120 valence electrons. The van der Waals surface area contributed by atoms with Crippen molar-refractivity contribution in [3.05, 3.63) is 47.7 Å². The van der Waals surface area contributed by atoms with Gasteiger partial charge in [0.25, 0.3) is 11.9 Å². The maximum atomic E-state index is 12.4. The van der Waals surface area contributed by atoms with E-state index >= 15 is 0 Å². The van der Waals surface area contributed by atoms with Crippen LogP contribution < -0.4 is 10.1 Å². The van der Waals surface area contributed by atoms with E-state index < -0.39 is 0 Å². The first-order valence-electron chi connectivity index (χ1n) is 8.05. The normalized spacial score (nSPS) is 25.5. The Hall–Kier alpha value is -2.27. The van der Waals surface area contributed by atoms with Crippen LogP contribution >= 0.6 is 0 Å². The summed E-state index contributed by atoms with van der Waals surface area (Å²) in [6, 6.07) is 11.1. The number of carbonyl (C=O) groups is 1. The molecule has 1 aromatic carbocycles. The van der Waals surface area contributed by atoms with Crippen molar-refractivity contribution in [1.82, 2.24) is 10.2 Å². The number of aryl methyl sites for hydroxylation is 1. The van der Waals surface area contributed by atoms with Crippen LogP contribution in [0, 0.1) is 12.8 Å². The van der Waals surface area contributed by atoms with Gasteiger partial charge < -0.3 is 19.4 Å². The molecule has 2 bridgehead atoms. The Morgan fingerprint density at radius 3 is 2.65 bits per heavy atom. The number of hydrogen-bond acceptors (Lipinski definition) is 4. The molecule has 2 saturated heterocycles. The van der Waals surface area contributed by atoms with Crippen LogP contribution in [0.5, 0.6) is 11.7 Å². The predicted octanol–water partition coefficient (Wildman–Crippen LogP) is 2.81. The molecule has 0 aliphatic carbocycles. The zero-order chi connectivity index (χ0) is 15.8. The Balaban J connectivity index is 1.38. The quantitative estimate of drug-likeness (QED) is 0.943. The molecule has 1 aromatic heterocycles. The maximum Gasteiger partial charge on any atom is 0.290 e. The van der Waals surface area contributed by atoms with Crippen LogP contribution in [-0.2, 0) is 0 Å². The Labute approximate surface area is 135 Å². The van der Waals surface area contributed by atoms with E-state index in [4.69, 9.17) is 9.15 Å². The second-order valence-electron chi connectivity index (χ2n) is 6.38. The Kier molecular flexibility index (Phi) is 3.58. The fraction of sp³-hybridized carbons (Fsp3) is 0.389. The van der Waals surface area contributed by atoms with E-state index in [9.17, 15) is 4.79 Å². The molecule has 5 nitrogen and oxygen atoms in total. The van der Waals surface area contributed by atoms with Crippen molar-refractivity contribution in [3.8, 4) is 11.7 Å². The highest BCUT2D eigenvalue weighted by Gasteiger charge is 2.38. The maximum absolute atomic E-state index is 12.4. The van der Waals surface area contributed by atoms with Crippen molar-refractivity contribution >= 4 is 5.91 Å². The molecule has 2 unspecified atom stereocenters. The van der Waals surface area contributed by atoms with Crippen LogP contribution in [0.1, 0.15) is 22.5 Å². The lowest BCUT2D eigenvalue weighted by molar-refractivity contribution is 0.0924. The molecule has 2 fully saturated rings. The third kappa shape index (κ3) is 2.97. The summed E-state index contributed by atoms with van der Waals surface area (Å²) in [6.45, 7) is 5.15. The zero-order valence-corrected chi connectivity index (χ0v) is 13.1. The number of fused-ring (bicyclic) bond motifs is 2. The lowest BCUT2D eigenvalue weighted by Crippen LogP contribution is -2.43. The molecular weight excluding hydrogens is 292 g/mol. The molecule has 23 heavy (non-hydrogen) atoms. The minimum absolute atomic E-state index is 0.0101. The molecular formula is C18H20N2O3. The van der Waals surface area contributed by atoms with Gasteiger partial charge in [0.05, 0.1) is 0 Å². The summed E-state index contributed by atoms with van der Waals surface area (Å²) in [4.78, 5) is 14.8. The number of nitrogens with zero attached hydrogens (tertiary/aromatic N) is 1. The average Bonchev–Trinajstić information content (AvgIpc) is 3.25. The van der Waals surface area contributed by atoms with Gasteiger partial charge in [0.15, 0.2) is 0 Å². The first kappa shape index (κ1) is 14.3. The highest BCUT2D eigenvalue weighted by atomic mass is 16.6. The number of nitrogens with one attached hydrogen (secondary N) is 1. The third-order valence-corrected chi connectivity index (χ3v) is 4.70. The van der Waals surface area contributed by atoms with Gasteiger partial charge in [-0.3, -0.25) is 4.79 Å². The summed E-state index contributed by atoms with van der Waals surface area (Å²) in [7, 11) is 0. The van der Waals surface area contributed by atoms with E-state index in [2.05, 4.69) is 10.2 Å². The monoisotopic (exact) mass is 312 g/mol. The van der Waals surface area contributed by atoms with Crippen molar-refractivity contribution in [1.29, 1.82) is 0 Å². The highest BCUT2D eigenvalue weighted by molar-refractivity contribution is 5.94. The molecule has 2 aromatic rings. The Morgan fingerprint density at radius 2 is 2.04 bits per heavy atom. The smallest absolute Gasteiger partial charge is 0.290 e. The van der Waals surface area contributed by atoms with Gasteiger partial charge in [0.2, 0.25) is 0 Å². The number of ether oxygens (including phenoxy) is 1. The van der Waals surface area contributed by atoms with Gasteiger partial charge in [-0.25, -0.2) is 0 Å². The summed E-state index contributed by atoms with van der Waals surface area (Å²) in [5.74, 6) is 2.52. The molecule has 1 N–H and O–H groups in total. The second-order valence-corrected chi connectivity index (χ2v) is 6.38. The van der Waals surface area contributed by atoms with Gasteiger partial charge in [-0.05, 0) is 56.1 Å². The van der Waals surface area contributed by atoms with Gasteiger partial charge in [-0.2, -0.15) is 0 Å². The third-order valence-electron chi connectivity index (χ3n) is 4.70. The number of rotatable bonds is 4.